The molecule has 0 aliphatic carbocycles. The molecular formula is C23H17Cl. The van der Waals surface area contributed by atoms with E-state index in [0.29, 0.717) is 5.03 Å². The van der Waals surface area contributed by atoms with Crippen LogP contribution in [0.2, 0.25) is 0 Å². The Morgan fingerprint density at radius 1 is 0.750 bits per heavy atom. The van der Waals surface area contributed by atoms with Gasteiger partial charge in [0.05, 0.1) is 5.92 Å². The molecule has 24 heavy (non-hydrogen) atoms. The minimum Gasteiger partial charge on any atom is -0.0854 e. The summed E-state index contributed by atoms with van der Waals surface area (Å²) in [5.74, 6) is 6.53. The Labute approximate surface area is 148 Å². The van der Waals surface area contributed by atoms with Crippen molar-refractivity contribution in [2.24, 2.45) is 0 Å². The standard InChI is InChI=1S/C23H17Cl/c24-23(21-14-8-3-9-15-21)18-22(20-12-6-2-7-13-20)17-16-19-10-4-1-5-11-19/h1-15,18,22H. The molecule has 0 aromatic heterocycles. The SMILES string of the molecule is ClC(=CC(C#Cc1ccccc1)c1ccccc1)c1ccccc1. The molecule has 0 saturated carbocycles. The molecule has 116 valence electrons. The van der Waals surface area contributed by atoms with E-state index >= 15 is 0 Å². The minimum absolute atomic E-state index is 0.0564. The molecule has 0 nitrogen and oxygen atoms in total. The molecule has 0 aliphatic rings. The van der Waals surface area contributed by atoms with E-state index in [4.69, 9.17) is 11.6 Å². The molecular weight excluding hydrogens is 312 g/mol. The van der Waals surface area contributed by atoms with Gasteiger partial charge in [-0.15, -0.1) is 0 Å². The van der Waals surface area contributed by atoms with Gasteiger partial charge in [-0.3, -0.25) is 0 Å². The maximum absolute atomic E-state index is 6.53. The van der Waals surface area contributed by atoms with E-state index in [-0.39, 0.29) is 5.92 Å². The van der Waals surface area contributed by atoms with Gasteiger partial charge in [-0.05, 0) is 29.3 Å². The van der Waals surface area contributed by atoms with Crippen LogP contribution in [0.3, 0.4) is 0 Å². The highest BCUT2D eigenvalue weighted by atomic mass is 35.5. The maximum atomic E-state index is 6.53. The molecule has 1 atom stereocenters. The van der Waals surface area contributed by atoms with Gasteiger partial charge in [0.1, 0.15) is 0 Å². The monoisotopic (exact) mass is 328 g/mol. The van der Waals surface area contributed by atoms with Crippen molar-refractivity contribution in [3.8, 4) is 11.8 Å². The summed E-state index contributed by atoms with van der Waals surface area (Å²) in [5, 5.41) is 0.715. The number of benzene rings is 3. The Bertz CT molecular complexity index is 853. The lowest BCUT2D eigenvalue weighted by atomic mass is 9.97. The fraction of sp³-hybridized carbons (Fsp3) is 0.0435. The molecule has 0 amide bonds. The second kappa shape index (κ2) is 8.20. The quantitative estimate of drug-likeness (QED) is 0.509. The van der Waals surface area contributed by atoms with Crippen LogP contribution in [0.1, 0.15) is 22.6 Å². The maximum Gasteiger partial charge on any atom is 0.0653 e. The van der Waals surface area contributed by atoms with E-state index in [2.05, 4.69) is 24.0 Å². The molecule has 0 saturated heterocycles. The van der Waals surface area contributed by atoms with Gasteiger partial charge >= 0.3 is 0 Å². The highest BCUT2D eigenvalue weighted by Gasteiger charge is 2.07. The Hall–Kier alpha value is -2.75. The first kappa shape index (κ1) is 16.1. The first-order chi connectivity index (χ1) is 11.8. The highest BCUT2D eigenvalue weighted by molar-refractivity contribution is 6.48. The highest BCUT2D eigenvalue weighted by Crippen LogP contribution is 2.25. The van der Waals surface area contributed by atoms with Crippen molar-refractivity contribution >= 4 is 16.6 Å². The van der Waals surface area contributed by atoms with Crippen molar-refractivity contribution in [2.45, 2.75) is 5.92 Å². The molecule has 3 rings (SSSR count). The van der Waals surface area contributed by atoms with E-state index in [0.717, 1.165) is 16.7 Å². The average Bonchev–Trinajstić information content (AvgIpc) is 2.67. The van der Waals surface area contributed by atoms with E-state index in [1.54, 1.807) is 0 Å². The third kappa shape index (κ3) is 4.38. The van der Waals surface area contributed by atoms with Crippen molar-refractivity contribution in [2.75, 3.05) is 0 Å². The van der Waals surface area contributed by atoms with Crippen LogP contribution in [0.25, 0.3) is 5.03 Å². The number of rotatable bonds is 3. The van der Waals surface area contributed by atoms with Gasteiger partial charge < -0.3 is 0 Å². The summed E-state index contributed by atoms with van der Waals surface area (Å²) in [6.07, 6.45) is 2.02. The molecule has 0 heterocycles. The lowest BCUT2D eigenvalue weighted by Crippen LogP contribution is -1.93. The number of hydrogen-bond donors (Lipinski definition) is 0. The number of allylic oxidation sites excluding steroid dienone is 1. The Morgan fingerprint density at radius 3 is 1.92 bits per heavy atom. The second-order valence-electron chi connectivity index (χ2n) is 5.40. The zero-order chi connectivity index (χ0) is 16.6. The van der Waals surface area contributed by atoms with E-state index < -0.39 is 0 Å². The zero-order valence-corrected chi connectivity index (χ0v) is 13.9. The van der Waals surface area contributed by atoms with Crippen LogP contribution in [-0.2, 0) is 0 Å². The molecule has 3 aromatic rings. The molecule has 0 fully saturated rings. The topological polar surface area (TPSA) is 0 Å². The molecule has 0 spiro atoms. The predicted octanol–water partition coefficient (Wildman–Crippen LogP) is 6.10. The lowest BCUT2D eigenvalue weighted by Gasteiger charge is -2.08. The molecule has 0 radical (unpaired) electrons. The van der Waals surface area contributed by atoms with Crippen LogP contribution >= 0.6 is 11.6 Å². The van der Waals surface area contributed by atoms with Crippen LogP contribution in [0.15, 0.2) is 97.1 Å². The van der Waals surface area contributed by atoms with Crippen molar-refractivity contribution in [1.29, 1.82) is 0 Å². The summed E-state index contributed by atoms with van der Waals surface area (Å²) in [6.45, 7) is 0. The Kier molecular flexibility index (Phi) is 5.51. The van der Waals surface area contributed by atoms with Gasteiger partial charge in [-0.25, -0.2) is 0 Å². The van der Waals surface area contributed by atoms with Crippen LogP contribution < -0.4 is 0 Å². The van der Waals surface area contributed by atoms with Gasteiger partial charge in [0.2, 0.25) is 0 Å². The smallest absolute Gasteiger partial charge is 0.0653 e. The number of hydrogen-bond acceptors (Lipinski definition) is 0. The molecule has 0 bridgehead atoms. The minimum atomic E-state index is -0.0564. The molecule has 1 unspecified atom stereocenters. The number of halogens is 1. The predicted molar refractivity (Wildman–Crippen MR) is 103 cm³/mol. The van der Waals surface area contributed by atoms with E-state index in [1.165, 1.54) is 0 Å². The fourth-order valence-electron chi connectivity index (χ4n) is 2.40. The summed E-state index contributed by atoms with van der Waals surface area (Å²) >= 11 is 6.53. The normalized spacial score (nSPS) is 12.1. The van der Waals surface area contributed by atoms with Gasteiger partial charge in [-0.1, -0.05) is 102 Å². The fourth-order valence-corrected chi connectivity index (χ4v) is 2.66. The van der Waals surface area contributed by atoms with Crippen molar-refractivity contribution in [3.63, 3.8) is 0 Å². The first-order valence-electron chi connectivity index (χ1n) is 7.87. The van der Waals surface area contributed by atoms with Gasteiger partial charge in [-0.2, -0.15) is 0 Å². The van der Waals surface area contributed by atoms with E-state index in [1.807, 2.05) is 84.9 Å². The Balaban J connectivity index is 1.96. The van der Waals surface area contributed by atoms with Crippen molar-refractivity contribution in [3.05, 3.63) is 114 Å². The second-order valence-corrected chi connectivity index (χ2v) is 5.81. The first-order valence-corrected chi connectivity index (χ1v) is 8.25. The van der Waals surface area contributed by atoms with Crippen LogP contribution in [0.4, 0.5) is 0 Å². The third-order valence-electron chi connectivity index (χ3n) is 3.67. The molecule has 0 N–H and O–H groups in total. The van der Waals surface area contributed by atoms with Gasteiger partial charge in [0.15, 0.2) is 0 Å². The largest absolute Gasteiger partial charge is 0.0854 e. The average molecular weight is 329 g/mol. The zero-order valence-electron chi connectivity index (χ0n) is 13.2. The van der Waals surface area contributed by atoms with Gasteiger partial charge in [0.25, 0.3) is 0 Å². The van der Waals surface area contributed by atoms with Crippen molar-refractivity contribution in [1.82, 2.24) is 0 Å². The van der Waals surface area contributed by atoms with Gasteiger partial charge in [0, 0.05) is 10.6 Å². The summed E-state index contributed by atoms with van der Waals surface area (Å²) < 4.78 is 0. The van der Waals surface area contributed by atoms with E-state index in [9.17, 15) is 0 Å². The van der Waals surface area contributed by atoms with Crippen LogP contribution in [0.5, 0.6) is 0 Å². The Morgan fingerprint density at radius 2 is 1.29 bits per heavy atom. The summed E-state index contributed by atoms with van der Waals surface area (Å²) in [5.41, 5.74) is 3.14. The summed E-state index contributed by atoms with van der Waals surface area (Å²) in [7, 11) is 0. The van der Waals surface area contributed by atoms with Crippen LogP contribution in [0, 0.1) is 11.8 Å². The molecule has 1 heteroatoms. The molecule has 0 aliphatic heterocycles. The lowest BCUT2D eigenvalue weighted by molar-refractivity contribution is 1.13. The summed E-state index contributed by atoms with van der Waals surface area (Å²) in [4.78, 5) is 0. The molecule has 3 aromatic carbocycles. The van der Waals surface area contributed by atoms with Crippen LogP contribution in [-0.4, -0.2) is 0 Å². The van der Waals surface area contributed by atoms with Crippen molar-refractivity contribution < 1.29 is 0 Å². The third-order valence-corrected chi connectivity index (χ3v) is 4.01. The summed E-state index contributed by atoms with van der Waals surface area (Å²) in [6, 6.07) is 30.2.